The van der Waals surface area contributed by atoms with Crippen molar-refractivity contribution < 1.29 is 31.3 Å². The molecule has 9 nitrogen and oxygen atoms in total. The van der Waals surface area contributed by atoms with E-state index in [1.165, 1.54) is 35.6 Å². The number of furan rings is 1. The summed E-state index contributed by atoms with van der Waals surface area (Å²) < 4.78 is 59.0. The molecule has 0 bridgehead atoms. The molecule has 0 saturated heterocycles. The van der Waals surface area contributed by atoms with E-state index >= 15 is 0 Å². The SMILES string of the molecule is CCc1noc(CC)c1CN(c1cc2oc(-c3ccc(F)cc3)c(C(=O)NC)c2cc1OC(C)C)S(C)(=O)=O. The van der Waals surface area contributed by atoms with Crippen LogP contribution in [0, 0.1) is 5.82 Å². The molecular formula is C28H32FN3O6S. The Morgan fingerprint density at radius 1 is 1.15 bits per heavy atom. The summed E-state index contributed by atoms with van der Waals surface area (Å²) in [5.41, 5.74) is 2.59. The quantitative estimate of drug-likeness (QED) is 0.275. The number of aryl methyl sites for hydroxylation is 2. The Labute approximate surface area is 227 Å². The van der Waals surface area contributed by atoms with Crippen LogP contribution in [0.5, 0.6) is 5.75 Å². The Morgan fingerprint density at radius 3 is 2.41 bits per heavy atom. The Kier molecular flexibility index (Phi) is 8.01. The average molecular weight is 558 g/mol. The number of hydrogen-bond donors (Lipinski definition) is 1. The highest BCUT2D eigenvalue weighted by Crippen LogP contribution is 2.42. The van der Waals surface area contributed by atoms with Crippen molar-refractivity contribution in [2.24, 2.45) is 0 Å². The predicted octanol–water partition coefficient (Wildman–Crippen LogP) is 5.46. The van der Waals surface area contributed by atoms with Crippen LogP contribution in [-0.4, -0.2) is 38.9 Å². The van der Waals surface area contributed by atoms with Crippen molar-refractivity contribution in [3.05, 3.63) is 64.8 Å². The fraction of sp³-hybridized carbons (Fsp3) is 0.357. The van der Waals surface area contributed by atoms with Crippen molar-refractivity contribution in [1.29, 1.82) is 0 Å². The first-order chi connectivity index (χ1) is 18.5. The molecule has 2 heterocycles. The summed E-state index contributed by atoms with van der Waals surface area (Å²) in [4.78, 5) is 13.0. The van der Waals surface area contributed by atoms with E-state index in [2.05, 4.69) is 10.5 Å². The van der Waals surface area contributed by atoms with E-state index in [1.807, 2.05) is 27.7 Å². The standard InChI is InChI=1S/C28H32FN3O6S/c1-7-21-20(23(8-2)38-31-21)15-32(39(6,34)35)22-14-24-19(13-25(22)36-16(3)4)26(28(33)30-5)27(37-24)17-9-11-18(29)12-10-17/h9-14,16H,7-8,15H2,1-6H3,(H,30,33). The van der Waals surface area contributed by atoms with Gasteiger partial charge in [0.15, 0.2) is 0 Å². The van der Waals surface area contributed by atoms with E-state index in [0.717, 1.165) is 6.26 Å². The molecule has 39 heavy (non-hydrogen) atoms. The van der Waals surface area contributed by atoms with Crippen molar-refractivity contribution in [1.82, 2.24) is 10.5 Å². The zero-order valence-electron chi connectivity index (χ0n) is 22.8. The number of carbonyl (C=O) groups is 1. The summed E-state index contributed by atoms with van der Waals surface area (Å²) in [5, 5.41) is 7.17. The van der Waals surface area contributed by atoms with Crippen LogP contribution in [0.4, 0.5) is 10.1 Å². The molecule has 208 valence electrons. The van der Waals surface area contributed by atoms with E-state index in [4.69, 9.17) is 13.7 Å². The highest BCUT2D eigenvalue weighted by atomic mass is 32.2. The number of fused-ring (bicyclic) bond motifs is 1. The fourth-order valence-electron chi connectivity index (χ4n) is 4.45. The van der Waals surface area contributed by atoms with Gasteiger partial charge in [-0.1, -0.05) is 19.0 Å². The Hall–Kier alpha value is -3.86. The van der Waals surface area contributed by atoms with Gasteiger partial charge in [-0.05, 0) is 50.6 Å². The summed E-state index contributed by atoms with van der Waals surface area (Å²) in [5.74, 6) is 0.240. The molecule has 1 N–H and O–H groups in total. The van der Waals surface area contributed by atoms with Gasteiger partial charge in [-0.3, -0.25) is 9.10 Å². The number of carbonyl (C=O) groups excluding carboxylic acids is 1. The number of benzene rings is 2. The molecule has 4 rings (SSSR count). The van der Waals surface area contributed by atoms with Gasteiger partial charge in [0, 0.05) is 36.0 Å². The molecule has 0 saturated carbocycles. The number of amides is 1. The van der Waals surface area contributed by atoms with E-state index in [0.29, 0.717) is 40.8 Å². The zero-order valence-corrected chi connectivity index (χ0v) is 23.6. The second kappa shape index (κ2) is 11.1. The van der Waals surface area contributed by atoms with E-state index in [9.17, 15) is 17.6 Å². The molecule has 0 aliphatic carbocycles. The van der Waals surface area contributed by atoms with E-state index in [-0.39, 0.29) is 41.0 Å². The first kappa shape index (κ1) is 28.2. The van der Waals surface area contributed by atoms with Crippen LogP contribution in [-0.2, 0) is 29.4 Å². The van der Waals surface area contributed by atoms with Gasteiger partial charge in [0.2, 0.25) is 10.0 Å². The van der Waals surface area contributed by atoms with Crippen LogP contribution >= 0.6 is 0 Å². The monoisotopic (exact) mass is 557 g/mol. The smallest absolute Gasteiger partial charge is 0.255 e. The van der Waals surface area contributed by atoms with Crippen LogP contribution in [0.25, 0.3) is 22.3 Å². The largest absolute Gasteiger partial charge is 0.489 e. The van der Waals surface area contributed by atoms with Crippen LogP contribution in [0.3, 0.4) is 0 Å². The minimum Gasteiger partial charge on any atom is -0.489 e. The molecule has 0 fully saturated rings. The average Bonchev–Trinajstić information content (AvgIpc) is 3.46. The van der Waals surface area contributed by atoms with Gasteiger partial charge in [0.05, 0.1) is 35.8 Å². The lowest BCUT2D eigenvalue weighted by atomic mass is 10.0. The number of rotatable bonds is 10. The highest BCUT2D eigenvalue weighted by Gasteiger charge is 2.30. The van der Waals surface area contributed by atoms with Crippen LogP contribution in [0.2, 0.25) is 0 Å². The van der Waals surface area contributed by atoms with Crippen molar-refractivity contribution in [2.45, 2.75) is 53.2 Å². The Morgan fingerprint density at radius 2 is 1.85 bits per heavy atom. The lowest BCUT2D eigenvalue weighted by molar-refractivity contribution is 0.0964. The molecule has 2 aromatic carbocycles. The summed E-state index contributed by atoms with van der Waals surface area (Å²) in [6.07, 6.45) is 1.92. The molecule has 1 amide bonds. The minimum absolute atomic E-state index is 0.0253. The fourth-order valence-corrected chi connectivity index (χ4v) is 5.32. The number of hydrogen-bond acceptors (Lipinski definition) is 7. The zero-order chi connectivity index (χ0) is 28.5. The van der Waals surface area contributed by atoms with Gasteiger partial charge in [-0.25, -0.2) is 12.8 Å². The van der Waals surface area contributed by atoms with E-state index < -0.39 is 21.7 Å². The number of anilines is 1. The van der Waals surface area contributed by atoms with Gasteiger partial charge in [0.1, 0.15) is 28.7 Å². The molecule has 0 unspecified atom stereocenters. The first-order valence-electron chi connectivity index (χ1n) is 12.7. The number of aromatic nitrogens is 1. The molecule has 0 radical (unpaired) electrons. The van der Waals surface area contributed by atoms with E-state index in [1.54, 1.807) is 12.1 Å². The third-order valence-electron chi connectivity index (χ3n) is 6.27. The Balaban J connectivity index is 1.99. The van der Waals surface area contributed by atoms with Crippen LogP contribution < -0.4 is 14.4 Å². The summed E-state index contributed by atoms with van der Waals surface area (Å²) >= 11 is 0. The molecule has 2 aromatic heterocycles. The lowest BCUT2D eigenvalue weighted by Crippen LogP contribution is -2.30. The number of sulfonamides is 1. The molecule has 0 aliphatic rings. The third-order valence-corrected chi connectivity index (χ3v) is 7.40. The number of nitrogens with one attached hydrogen (secondary N) is 1. The number of ether oxygens (including phenoxy) is 1. The molecular weight excluding hydrogens is 525 g/mol. The lowest BCUT2D eigenvalue weighted by Gasteiger charge is -2.26. The highest BCUT2D eigenvalue weighted by molar-refractivity contribution is 7.92. The summed E-state index contributed by atoms with van der Waals surface area (Å²) in [6, 6.07) is 8.74. The van der Waals surface area contributed by atoms with Crippen molar-refractivity contribution in [2.75, 3.05) is 17.6 Å². The van der Waals surface area contributed by atoms with Crippen LogP contribution in [0.1, 0.15) is 55.1 Å². The topological polar surface area (TPSA) is 115 Å². The number of nitrogens with zero attached hydrogens (tertiary/aromatic N) is 2. The molecule has 0 spiro atoms. The van der Waals surface area contributed by atoms with Gasteiger partial charge >= 0.3 is 0 Å². The molecule has 11 heteroatoms. The van der Waals surface area contributed by atoms with Gasteiger partial charge < -0.3 is 19.0 Å². The maximum atomic E-state index is 13.6. The molecule has 0 aliphatic heterocycles. The van der Waals surface area contributed by atoms with Gasteiger partial charge in [0.25, 0.3) is 5.91 Å². The maximum absolute atomic E-state index is 13.6. The maximum Gasteiger partial charge on any atom is 0.255 e. The van der Waals surface area contributed by atoms with Gasteiger partial charge in [-0.2, -0.15) is 0 Å². The normalized spacial score (nSPS) is 11.8. The summed E-state index contributed by atoms with van der Waals surface area (Å²) in [7, 11) is -2.33. The van der Waals surface area contributed by atoms with Crippen molar-refractivity contribution in [3.63, 3.8) is 0 Å². The van der Waals surface area contributed by atoms with Crippen molar-refractivity contribution in [3.8, 4) is 17.1 Å². The van der Waals surface area contributed by atoms with Crippen LogP contribution in [0.15, 0.2) is 45.3 Å². The molecule has 0 atom stereocenters. The Bertz CT molecular complexity index is 1580. The second-order valence-electron chi connectivity index (χ2n) is 9.38. The minimum atomic E-state index is -3.83. The summed E-state index contributed by atoms with van der Waals surface area (Å²) in [6.45, 7) is 7.45. The van der Waals surface area contributed by atoms with Crippen molar-refractivity contribution >= 4 is 32.6 Å². The number of halogens is 1. The third kappa shape index (κ3) is 5.63. The van der Waals surface area contributed by atoms with Gasteiger partial charge in [-0.15, -0.1) is 0 Å². The molecule has 4 aromatic rings. The predicted molar refractivity (Wildman–Crippen MR) is 147 cm³/mol. The second-order valence-corrected chi connectivity index (χ2v) is 11.3. The first-order valence-corrected chi connectivity index (χ1v) is 14.5.